The van der Waals surface area contributed by atoms with Crippen LogP contribution in [0.5, 0.6) is 0 Å². The minimum atomic E-state index is -0.578. The molecule has 2 aliphatic heterocycles. The van der Waals surface area contributed by atoms with Crippen LogP contribution in [0, 0.1) is 5.92 Å². The molecule has 0 aliphatic carbocycles. The summed E-state index contributed by atoms with van der Waals surface area (Å²) >= 11 is 11.9. The number of carbonyl (C=O) groups excluding carboxylic acids is 1. The molecule has 1 aromatic heterocycles. The fourth-order valence-corrected chi connectivity index (χ4v) is 4.10. The first-order valence-electron chi connectivity index (χ1n) is 8.03. The molecule has 3 heterocycles. The van der Waals surface area contributed by atoms with Crippen LogP contribution in [0.1, 0.15) is 18.0 Å². The fraction of sp³-hybridized carbons (Fsp3) is 0.412. The summed E-state index contributed by atoms with van der Waals surface area (Å²) in [5.74, 6) is -0.871. The van der Waals surface area contributed by atoms with E-state index in [2.05, 4.69) is 10.4 Å². The second kappa shape index (κ2) is 6.29. The molecular weight excluding hydrogens is 365 g/mol. The van der Waals surface area contributed by atoms with Crippen LogP contribution >= 0.6 is 23.2 Å². The normalized spacial score (nSPS) is 30.6. The Hall–Kier alpha value is -1.60. The van der Waals surface area contributed by atoms with Gasteiger partial charge in [0.1, 0.15) is 0 Å². The van der Waals surface area contributed by atoms with Gasteiger partial charge in [-0.15, -0.1) is 0 Å². The van der Waals surface area contributed by atoms with Crippen LogP contribution in [0.2, 0.25) is 10.0 Å². The number of ether oxygens (including phenoxy) is 1. The van der Waals surface area contributed by atoms with E-state index in [1.165, 1.54) is 0 Å². The van der Waals surface area contributed by atoms with Crippen molar-refractivity contribution in [2.24, 2.45) is 13.0 Å². The average Bonchev–Trinajstić information content (AvgIpc) is 3.24. The Morgan fingerprint density at radius 1 is 1.36 bits per heavy atom. The first kappa shape index (κ1) is 16.8. The van der Waals surface area contributed by atoms with Crippen LogP contribution in [0.15, 0.2) is 30.5 Å². The van der Waals surface area contributed by atoms with Crippen LogP contribution in [-0.2, 0) is 16.6 Å². The molecule has 0 spiro atoms. The number of aliphatic hydroxyl groups is 1. The van der Waals surface area contributed by atoms with Crippen molar-refractivity contribution in [2.45, 2.75) is 30.7 Å². The molecule has 0 unspecified atom stereocenters. The Bertz CT molecular complexity index is 825. The number of rotatable bonds is 3. The molecule has 4 rings (SSSR count). The Kier molecular flexibility index (Phi) is 4.24. The monoisotopic (exact) mass is 381 g/mol. The lowest BCUT2D eigenvalue weighted by molar-refractivity contribution is -0.122. The molecule has 0 radical (unpaired) electrons. The Labute approximate surface area is 154 Å². The van der Waals surface area contributed by atoms with Crippen LogP contribution < -0.4 is 5.32 Å². The Morgan fingerprint density at radius 3 is 2.84 bits per heavy atom. The molecule has 1 amide bonds. The highest BCUT2D eigenvalue weighted by Gasteiger charge is 2.57. The van der Waals surface area contributed by atoms with Crippen LogP contribution in [0.4, 0.5) is 5.69 Å². The number of nitrogens with one attached hydrogen (secondary N) is 1. The zero-order valence-electron chi connectivity index (χ0n) is 13.4. The van der Waals surface area contributed by atoms with Crippen molar-refractivity contribution in [3.63, 3.8) is 0 Å². The molecule has 5 atom stereocenters. The Morgan fingerprint density at radius 2 is 2.16 bits per heavy atom. The molecule has 2 fully saturated rings. The summed E-state index contributed by atoms with van der Waals surface area (Å²) in [7, 11) is 1.82. The number of anilines is 1. The van der Waals surface area contributed by atoms with Crippen molar-refractivity contribution in [1.29, 1.82) is 0 Å². The van der Waals surface area contributed by atoms with Gasteiger partial charge < -0.3 is 15.2 Å². The number of nitrogens with zero attached hydrogens (tertiary/aromatic N) is 2. The highest BCUT2D eigenvalue weighted by Crippen LogP contribution is 2.48. The van der Waals surface area contributed by atoms with Crippen LogP contribution in [0.25, 0.3) is 0 Å². The number of fused-ring (bicyclic) bond motifs is 2. The van der Waals surface area contributed by atoms with Crippen molar-refractivity contribution in [3.8, 4) is 0 Å². The maximum atomic E-state index is 12.9. The van der Waals surface area contributed by atoms with Gasteiger partial charge in [-0.3, -0.25) is 9.48 Å². The predicted molar refractivity (Wildman–Crippen MR) is 93.8 cm³/mol. The van der Waals surface area contributed by atoms with Crippen LogP contribution in [0.3, 0.4) is 0 Å². The molecule has 8 heteroatoms. The zero-order chi connectivity index (χ0) is 17.7. The van der Waals surface area contributed by atoms with Crippen molar-refractivity contribution >= 4 is 34.8 Å². The molecule has 2 N–H and O–H groups in total. The number of aromatic nitrogens is 2. The zero-order valence-corrected chi connectivity index (χ0v) is 14.9. The molecule has 25 heavy (non-hydrogen) atoms. The predicted octanol–water partition coefficient (Wildman–Crippen LogP) is 2.60. The van der Waals surface area contributed by atoms with E-state index in [0.29, 0.717) is 22.2 Å². The SMILES string of the molecule is Cn1ccc([C@H]2[C@H]3O[C@H](C[C@@H]3O)[C@@H]2C(=O)Nc2ccc(Cl)c(Cl)c2)n1. The fourth-order valence-electron chi connectivity index (χ4n) is 3.81. The van der Waals surface area contributed by atoms with Gasteiger partial charge in [-0.05, 0) is 24.3 Å². The quantitative estimate of drug-likeness (QED) is 0.856. The van der Waals surface area contributed by atoms with E-state index in [1.54, 1.807) is 22.9 Å². The first-order chi connectivity index (χ1) is 11.9. The van der Waals surface area contributed by atoms with Gasteiger partial charge in [0.2, 0.25) is 5.91 Å². The van der Waals surface area contributed by atoms with E-state index in [9.17, 15) is 9.90 Å². The molecular formula is C17H17Cl2N3O3. The summed E-state index contributed by atoms with van der Waals surface area (Å²) in [6, 6.07) is 6.81. The summed E-state index contributed by atoms with van der Waals surface area (Å²) in [6.45, 7) is 0. The van der Waals surface area contributed by atoms with Gasteiger partial charge in [0.25, 0.3) is 0 Å². The van der Waals surface area contributed by atoms with Gasteiger partial charge in [0.15, 0.2) is 0 Å². The summed E-state index contributed by atoms with van der Waals surface area (Å²) < 4.78 is 7.55. The minimum absolute atomic E-state index is 0.173. The van der Waals surface area contributed by atoms with Crippen molar-refractivity contribution in [2.75, 3.05) is 5.32 Å². The van der Waals surface area contributed by atoms with Gasteiger partial charge in [-0.1, -0.05) is 23.2 Å². The number of aryl methyl sites for hydroxylation is 1. The van der Waals surface area contributed by atoms with E-state index in [4.69, 9.17) is 27.9 Å². The van der Waals surface area contributed by atoms with E-state index in [-0.39, 0.29) is 17.9 Å². The van der Waals surface area contributed by atoms with E-state index >= 15 is 0 Å². The highest BCUT2D eigenvalue weighted by molar-refractivity contribution is 6.42. The lowest BCUT2D eigenvalue weighted by Crippen LogP contribution is -2.41. The van der Waals surface area contributed by atoms with Gasteiger partial charge in [0.05, 0.1) is 40.0 Å². The van der Waals surface area contributed by atoms with E-state index in [1.807, 2.05) is 19.3 Å². The number of amides is 1. The molecule has 2 aromatic rings. The molecule has 6 nitrogen and oxygen atoms in total. The lowest BCUT2D eigenvalue weighted by Gasteiger charge is -2.28. The number of benzene rings is 1. The van der Waals surface area contributed by atoms with Crippen LogP contribution in [-0.4, -0.2) is 39.1 Å². The first-order valence-corrected chi connectivity index (χ1v) is 8.78. The van der Waals surface area contributed by atoms with Crippen molar-refractivity contribution in [3.05, 3.63) is 46.2 Å². The van der Waals surface area contributed by atoms with Gasteiger partial charge >= 0.3 is 0 Å². The summed E-state index contributed by atoms with van der Waals surface area (Å²) in [6.07, 6.45) is 0.958. The molecule has 2 bridgehead atoms. The summed E-state index contributed by atoms with van der Waals surface area (Å²) in [4.78, 5) is 12.9. The molecule has 1 aromatic carbocycles. The maximum Gasteiger partial charge on any atom is 0.230 e. The third kappa shape index (κ3) is 2.93. The largest absolute Gasteiger partial charge is 0.390 e. The van der Waals surface area contributed by atoms with Gasteiger partial charge in [-0.25, -0.2) is 0 Å². The van der Waals surface area contributed by atoms with Gasteiger partial charge in [-0.2, -0.15) is 5.10 Å². The smallest absolute Gasteiger partial charge is 0.230 e. The van der Waals surface area contributed by atoms with Crippen molar-refractivity contribution < 1.29 is 14.6 Å². The maximum absolute atomic E-state index is 12.9. The molecule has 2 aliphatic rings. The minimum Gasteiger partial charge on any atom is -0.390 e. The summed E-state index contributed by atoms with van der Waals surface area (Å²) in [5.41, 5.74) is 1.32. The summed E-state index contributed by atoms with van der Waals surface area (Å²) in [5, 5.41) is 18.3. The van der Waals surface area contributed by atoms with E-state index < -0.39 is 18.1 Å². The third-order valence-corrected chi connectivity index (χ3v) is 5.63. The topological polar surface area (TPSA) is 76.4 Å². The number of carbonyl (C=O) groups is 1. The average molecular weight is 382 g/mol. The number of aliphatic hydroxyl groups excluding tert-OH is 1. The number of hydrogen-bond acceptors (Lipinski definition) is 4. The second-order valence-electron chi connectivity index (χ2n) is 6.53. The highest BCUT2D eigenvalue weighted by atomic mass is 35.5. The number of hydrogen-bond donors (Lipinski definition) is 2. The second-order valence-corrected chi connectivity index (χ2v) is 7.34. The lowest BCUT2D eigenvalue weighted by atomic mass is 9.75. The number of halogens is 2. The molecule has 2 saturated heterocycles. The molecule has 132 valence electrons. The standard InChI is InChI=1S/C17H17Cl2N3O3/c1-22-5-4-11(21-22)14-15(13-7-12(23)16(14)25-13)17(24)20-8-2-3-9(18)10(19)6-8/h2-6,12-16,23H,7H2,1H3,(H,20,24)/t12-,13+,14+,15-,16-/m0/s1. The molecule has 0 saturated carbocycles. The van der Waals surface area contributed by atoms with Gasteiger partial charge in [0, 0.05) is 31.3 Å². The van der Waals surface area contributed by atoms with Crippen molar-refractivity contribution in [1.82, 2.24) is 9.78 Å². The third-order valence-electron chi connectivity index (χ3n) is 4.89. The Balaban J connectivity index is 1.60. The van der Waals surface area contributed by atoms with E-state index in [0.717, 1.165) is 5.69 Å².